The van der Waals surface area contributed by atoms with Crippen molar-refractivity contribution in [1.29, 1.82) is 0 Å². The zero-order valence-corrected chi connectivity index (χ0v) is 16.7. The zero-order chi connectivity index (χ0) is 18.9. The number of aliphatic carboxylic acids is 1. The van der Waals surface area contributed by atoms with Crippen molar-refractivity contribution in [3.63, 3.8) is 0 Å². The summed E-state index contributed by atoms with van der Waals surface area (Å²) in [6.07, 6.45) is 14.6. The number of nitrogens with one attached hydrogen (secondary N) is 1. The maximum atomic E-state index is 12.9. The van der Waals surface area contributed by atoms with Gasteiger partial charge in [0.25, 0.3) is 0 Å². The summed E-state index contributed by atoms with van der Waals surface area (Å²) in [7, 11) is 0. The lowest BCUT2D eigenvalue weighted by Gasteiger charge is -2.31. The van der Waals surface area contributed by atoms with Gasteiger partial charge in [0.1, 0.15) is 0 Å². The van der Waals surface area contributed by atoms with Gasteiger partial charge in [-0.3, -0.25) is 9.59 Å². The van der Waals surface area contributed by atoms with Crippen molar-refractivity contribution >= 4 is 11.9 Å². The lowest BCUT2D eigenvalue weighted by atomic mass is 9.76. The van der Waals surface area contributed by atoms with Crippen LogP contribution in [-0.2, 0) is 9.59 Å². The SMILES string of the molecule is CC1=C(C)C[C@@H](C(=O)O)[C@@H](C(=O)NC2CCCCCCCCCCC2)C1. The first-order valence-electron chi connectivity index (χ1n) is 10.7. The van der Waals surface area contributed by atoms with Crippen LogP contribution >= 0.6 is 0 Å². The quantitative estimate of drug-likeness (QED) is 0.675. The van der Waals surface area contributed by atoms with Crippen molar-refractivity contribution in [3.8, 4) is 0 Å². The van der Waals surface area contributed by atoms with Gasteiger partial charge in [-0.25, -0.2) is 0 Å². The number of rotatable bonds is 3. The summed E-state index contributed by atoms with van der Waals surface area (Å²) in [5, 5.41) is 12.8. The van der Waals surface area contributed by atoms with Crippen LogP contribution in [0, 0.1) is 11.8 Å². The summed E-state index contributed by atoms with van der Waals surface area (Å²) in [5.41, 5.74) is 2.31. The fourth-order valence-corrected chi connectivity index (χ4v) is 4.44. The zero-order valence-electron chi connectivity index (χ0n) is 16.7. The number of allylic oxidation sites excluding steroid dienone is 2. The van der Waals surface area contributed by atoms with Gasteiger partial charge in [-0.05, 0) is 39.5 Å². The van der Waals surface area contributed by atoms with E-state index in [9.17, 15) is 14.7 Å². The molecule has 0 heterocycles. The first kappa shape index (κ1) is 21.0. The van der Waals surface area contributed by atoms with Crippen LogP contribution in [0.5, 0.6) is 0 Å². The highest BCUT2D eigenvalue weighted by atomic mass is 16.4. The molecule has 2 rings (SSSR count). The van der Waals surface area contributed by atoms with Crippen molar-refractivity contribution in [2.45, 2.75) is 103 Å². The third kappa shape index (κ3) is 6.44. The predicted molar refractivity (Wildman–Crippen MR) is 105 cm³/mol. The van der Waals surface area contributed by atoms with Crippen LogP contribution in [0.4, 0.5) is 0 Å². The summed E-state index contributed by atoms with van der Waals surface area (Å²) in [6.45, 7) is 4.02. The summed E-state index contributed by atoms with van der Waals surface area (Å²) in [4.78, 5) is 24.6. The molecule has 0 unspecified atom stereocenters. The molecule has 0 radical (unpaired) electrons. The number of amides is 1. The Hall–Kier alpha value is -1.32. The summed E-state index contributed by atoms with van der Waals surface area (Å²) in [5.74, 6) is -1.88. The molecule has 2 aliphatic rings. The Balaban J connectivity index is 1.96. The molecule has 0 aromatic heterocycles. The smallest absolute Gasteiger partial charge is 0.307 e. The third-order valence-corrected chi connectivity index (χ3v) is 6.37. The van der Waals surface area contributed by atoms with Gasteiger partial charge in [-0.1, -0.05) is 68.9 Å². The van der Waals surface area contributed by atoms with Crippen LogP contribution in [-0.4, -0.2) is 23.0 Å². The molecule has 0 saturated heterocycles. The van der Waals surface area contributed by atoms with Crippen LogP contribution in [0.25, 0.3) is 0 Å². The fraction of sp³-hybridized carbons (Fsp3) is 0.818. The highest BCUT2D eigenvalue weighted by Crippen LogP contribution is 2.34. The number of carbonyl (C=O) groups is 2. The van der Waals surface area contributed by atoms with E-state index in [1.807, 2.05) is 13.8 Å². The van der Waals surface area contributed by atoms with E-state index in [1.165, 1.54) is 50.5 Å². The van der Waals surface area contributed by atoms with Gasteiger partial charge < -0.3 is 10.4 Å². The molecule has 2 aliphatic carbocycles. The standard InChI is InChI=1S/C22H37NO3/c1-16-14-19(20(22(25)26)15-17(16)2)21(24)23-18-12-10-8-6-4-3-5-7-9-11-13-18/h18-20H,3-15H2,1-2H3,(H,23,24)(H,25,26)/t19-,20+/m0/s1. The topological polar surface area (TPSA) is 66.4 Å². The van der Waals surface area contributed by atoms with E-state index < -0.39 is 17.8 Å². The lowest BCUT2D eigenvalue weighted by molar-refractivity contribution is -0.147. The van der Waals surface area contributed by atoms with Crippen LogP contribution in [0.3, 0.4) is 0 Å². The minimum atomic E-state index is -0.837. The summed E-state index contributed by atoms with van der Waals surface area (Å²) < 4.78 is 0. The molecule has 4 heteroatoms. The summed E-state index contributed by atoms with van der Waals surface area (Å²) in [6, 6.07) is 0.212. The predicted octanol–water partition coefficient (Wildman–Crippen LogP) is 5.22. The van der Waals surface area contributed by atoms with Gasteiger partial charge in [-0.2, -0.15) is 0 Å². The first-order valence-corrected chi connectivity index (χ1v) is 10.7. The Morgan fingerprint density at radius 1 is 0.769 bits per heavy atom. The van der Waals surface area contributed by atoms with E-state index in [0.29, 0.717) is 12.8 Å². The van der Waals surface area contributed by atoms with E-state index in [-0.39, 0.29) is 11.9 Å². The molecular formula is C22H37NO3. The molecule has 1 amide bonds. The van der Waals surface area contributed by atoms with Gasteiger partial charge in [0, 0.05) is 6.04 Å². The van der Waals surface area contributed by atoms with E-state index in [4.69, 9.17) is 0 Å². The monoisotopic (exact) mass is 363 g/mol. The van der Waals surface area contributed by atoms with E-state index in [1.54, 1.807) is 0 Å². The van der Waals surface area contributed by atoms with Crippen molar-refractivity contribution in [2.75, 3.05) is 0 Å². The Labute approximate surface area is 158 Å². The van der Waals surface area contributed by atoms with Gasteiger partial charge in [0.05, 0.1) is 11.8 Å². The highest BCUT2D eigenvalue weighted by Gasteiger charge is 2.37. The molecule has 0 bridgehead atoms. The molecule has 2 atom stereocenters. The number of carboxylic acid groups (broad SMARTS) is 1. The van der Waals surface area contributed by atoms with Crippen molar-refractivity contribution in [1.82, 2.24) is 5.32 Å². The van der Waals surface area contributed by atoms with Gasteiger partial charge >= 0.3 is 5.97 Å². The fourth-order valence-electron chi connectivity index (χ4n) is 4.44. The lowest BCUT2D eigenvalue weighted by Crippen LogP contribution is -2.44. The summed E-state index contributed by atoms with van der Waals surface area (Å²) >= 11 is 0. The molecule has 4 nitrogen and oxygen atoms in total. The minimum absolute atomic E-state index is 0.0404. The van der Waals surface area contributed by atoms with Crippen molar-refractivity contribution < 1.29 is 14.7 Å². The van der Waals surface area contributed by atoms with Crippen LogP contribution < -0.4 is 5.32 Å². The second-order valence-electron chi connectivity index (χ2n) is 8.48. The van der Waals surface area contributed by atoms with E-state index >= 15 is 0 Å². The number of carbonyl (C=O) groups excluding carboxylic acids is 1. The van der Waals surface area contributed by atoms with Crippen LogP contribution in [0.1, 0.15) is 97.3 Å². The molecule has 0 aliphatic heterocycles. The molecule has 148 valence electrons. The van der Waals surface area contributed by atoms with Crippen LogP contribution in [0.2, 0.25) is 0 Å². The molecule has 26 heavy (non-hydrogen) atoms. The largest absolute Gasteiger partial charge is 0.481 e. The molecule has 0 spiro atoms. The normalized spacial score (nSPS) is 27.3. The van der Waals surface area contributed by atoms with Crippen molar-refractivity contribution in [3.05, 3.63) is 11.1 Å². The Kier molecular flexibility index (Phi) is 8.67. The molecule has 0 aromatic carbocycles. The van der Waals surface area contributed by atoms with E-state index in [2.05, 4.69) is 5.32 Å². The first-order chi connectivity index (χ1) is 12.5. The third-order valence-electron chi connectivity index (χ3n) is 6.37. The van der Waals surface area contributed by atoms with E-state index in [0.717, 1.165) is 31.3 Å². The number of carboxylic acids is 1. The molecule has 2 N–H and O–H groups in total. The number of hydrogen-bond acceptors (Lipinski definition) is 2. The van der Waals surface area contributed by atoms with Crippen molar-refractivity contribution in [2.24, 2.45) is 11.8 Å². The molecule has 1 fully saturated rings. The Morgan fingerprint density at radius 3 is 1.65 bits per heavy atom. The average molecular weight is 364 g/mol. The molecular weight excluding hydrogens is 326 g/mol. The number of hydrogen-bond donors (Lipinski definition) is 2. The second kappa shape index (κ2) is 10.7. The highest BCUT2D eigenvalue weighted by molar-refractivity contribution is 5.85. The van der Waals surface area contributed by atoms with Crippen LogP contribution in [0.15, 0.2) is 11.1 Å². The van der Waals surface area contributed by atoms with Gasteiger partial charge in [-0.15, -0.1) is 0 Å². The molecule has 0 aromatic rings. The maximum absolute atomic E-state index is 12.9. The maximum Gasteiger partial charge on any atom is 0.307 e. The Morgan fingerprint density at radius 2 is 1.19 bits per heavy atom. The second-order valence-corrected chi connectivity index (χ2v) is 8.48. The van der Waals surface area contributed by atoms with Gasteiger partial charge in [0.2, 0.25) is 5.91 Å². The molecule has 1 saturated carbocycles. The minimum Gasteiger partial charge on any atom is -0.481 e. The Bertz CT molecular complexity index is 500. The van der Waals surface area contributed by atoms with Gasteiger partial charge in [0.15, 0.2) is 0 Å². The average Bonchev–Trinajstić information content (AvgIpc) is 2.59.